The lowest BCUT2D eigenvalue weighted by Gasteiger charge is -2.20. The molecule has 2 aliphatic heterocycles. The van der Waals surface area contributed by atoms with E-state index in [1.54, 1.807) is 19.1 Å². The van der Waals surface area contributed by atoms with E-state index in [9.17, 15) is 19.5 Å². The zero-order valence-corrected chi connectivity index (χ0v) is 12.6. The molecule has 0 aromatic rings. The summed E-state index contributed by atoms with van der Waals surface area (Å²) >= 11 is 0. The van der Waals surface area contributed by atoms with Gasteiger partial charge in [-0.15, -0.1) is 0 Å². The summed E-state index contributed by atoms with van der Waals surface area (Å²) in [6.07, 6.45) is 2.87. The molecule has 5 unspecified atom stereocenters. The summed E-state index contributed by atoms with van der Waals surface area (Å²) in [5, 5.41) is 9.20. The van der Waals surface area contributed by atoms with E-state index in [2.05, 4.69) is 0 Å². The van der Waals surface area contributed by atoms with Crippen LogP contribution in [0.5, 0.6) is 0 Å². The predicted octanol–water partition coefficient (Wildman–Crippen LogP) is 0.773. The molecule has 5 atom stereocenters. The fraction of sp³-hybridized carbons (Fsp3) is 0.667. The maximum atomic E-state index is 12.0. The van der Waals surface area contributed by atoms with Crippen molar-refractivity contribution < 1.29 is 33.7 Å². The van der Waals surface area contributed by atoms with Crippen LogP contribution in [0.3, 0.4) is 0 Å². The van der Waals surface area contributed by atoms with Gasteiger partial charge in [0.15, 0.2) is 0 Å². The fourth-order valence-corrected chi connectivity index (χ4v) is 2.57. The Bertz CT molecular complexity index is 484. The Hall–Kier alpha value is -1.89. The van der Waals surface area contributed by atoms with E-state index in [0.29, 0.717) is 6.42 Å². The van der Waals surface area contributed by atoms with E-state index in [4.69, 9.17) is 14.2 Å². The minimum absolute atomic E-state index is 0.0375. The third-order valence-electron chi connectivity index (χ3n) is 4.04. The van der Waals surface area contributed by atoms with E-state index in [1.165, 1.54) is 0 Å². The number of ether oxygens (including phenoxy) is 3. The summed E-state index contributed by atoms with van der Waals surface area (Å²) in [4.78, 5) is 34.7. The van der Waals surface area contributed by atoms with Gasteiger partial charge in [-0.2, -0.15) is 0 Å². The fourth-order valence-electron chi connectivity index (χ4n) is 2.57. The molecule has 2 rings (SSSR count). The first kappa shape index (κ1) is 16.5. The molecule has 2 aliphatic rings. The van der Waals surface area contributed by atoms with Crippen LogP contribution in [0.1, 0.15) is 20.3 Å². The Labute approximate surface area is 128 Å². The van der Waals surface area contributed by atoms with Crippen molar-refractivity contribution in [3.05, 3.63) is 12.2 Å². The van der Waals surface area contributed by atoms with Crippen LogP contribution < -0.4 is 0 Å². The topological polar surface area (TPSA) is 99.1 Å². The summed E-state index contributed by atoms with van der Waals surface area (Å²) in [5.41, 5.74) is 0. The number of fused-ring (bicyclic) bond motifs is 2. The Morgan fingerprint density at radius 1 is 1.14 bits per heavy atom. The lowest BCUT2D eigenvalue weighted by atomic mass is 9.83. The van der Waals surface area contributed by atoms with Crippen molar-refractivity contribution in [3.8, 4) is 0 Å². The Balaban J connectivity index is 1.79. The number of carbonyl (C=O) groups excluding carboxylic acids is 2. The highest BCUT2D eigenvalue weighted by molar-refractivity contribution is 5.84. The lowest BCUT2D eigenvalue weighted by molar-refractivity contribution is -0.160. The highest BCUT2D eigenvalue weighted by Gasteiger charge is 2.54. The van der Waals surface area contributed by atoms with Crippen LogP contribution in [0.25, 0.3) is 0 Å². The molecule has 0 radical (unpaired) electrons. The number of carboxylic acids is 1. The van der Waals surface area contributed by atoms with E-state index >= 15 is 0 Å². The minimum atomic E-state index is -1.08. The number of rotatable bonds is 7. The first-order valence-electron chi connectivity index (χ1n) is 7.35. The Morgan fingerprint density at radius 3 is 2.32 bits per heavy atom. The van der Waals surface area contributed by atoms with Gasteiger partial charge >= 0.3 is 17.9 Å². The summed E-state index contributed by atoms with van der Waals surface area (Å²) in [5.74, 6) is -4.03. The number of aliphatic carboxylic acids is 1. The molecule has 0 aliphatic carbocycles. The number of esters is 2. The van der Waals surface area contributed by atoms with Gasteiger partial charge in [-0.25, -0.2) is 0 Å². The third-order valence-corrected chi connectivity index (χ3v) is 4.04. The van der Waals surface area contributed by atoms with Gasteiger partial charge in [0.25, 0.3) is 0 Å². The van der Waals surface area contributed by atoms with Gasteiger partial charge in [0.1, 0.15) is 25.0 Å². The van der Waals surface area contributed by atoms with Crippen LogP contribution in [-0.2, 0) is 28.6 Å². The Morgan fingerprint density at radius 2 is 1.73 bits per heavy atom. The molecule has 2 bridgehead atoms. The van der Waals surface area contributed by atoms with Crippen molar-refractivity contribution in [3.63, 3.8) is 0 Å². The van der Waals surface area contributed by atoms with Crippen LogP contribution in [-0.4, -0.2) is 48.4 Å². The molecular weight excluding hydrogens is 292 g/mol. The van der Waals surface area contributed by atoms with E-state index in [0.717, 1.165) is 0 Å². The first-order chi connectivity index (χ1) is 10.5. The quantitative estimate of drug-likeness (QED) is 0.421. The molecule has 0 aromatic carbocycles. The van der Waals surface area contributed by atoms with Crippen molar-refractivity contribution in [2.45, 2.75) is 32.5 Å². The molecule has 7 nitrogen and oxygen atoms in total. The first-order valence-corrected chi connectivity index (χ1v) is 7.35. The number of hydrogen-bond acceptors (Lipinski definition) is 6. The molecule has 7 heteroatoms. The Kier molecular flexibility index (Phi) is 5.18. The lowest BCUT2D eigenvalue weighted by Crippen LogP contribution is -2.37. The monoisotopic (exact) mass is 312 g/mol. The largest absolute Gasteiger partial charge is 0.481 e. The highest BCUT2D eigenvalue weighted by Crippen LogP contribution is 2.39. The van der Waals surface area contributed by atoms with Crippen molar-refractivity contribution in [1.29, 1.82) is 0 Å². The van der Waals surface area contributed by atoms with Crippen LogP contribution in [0.4, 0.5) is 0 Å². The molecule has 122 valence electrons. The smallest absolute Gasteiger partial charge is 0.313 e. The molecule has 0 spiro atoms. The van der Waals surface area contributed by atoms with E-state index in [1.807, 2.05) is 6.92 Å². The minimum Gasteiger partial charge on any atom is -0.481 e. The van der Waals surface area contributed by atoms with E-state index < -0.39 is 36.0 Å². The normalized spacial score (nSPS) is 30.1. The summed E-state index contributed by atoms with van der Waals surface area (Å²) in [7, 11) is 0. The van der Waals surface area contributed by atoms with Crippen LogP contribution in [0.15, 0.2) is 12.2 Å². The summed E-state index contributed by atoms with van der Waals surface area (Å²) in [6, 6.07) is 0. The second-order valence-electron chi connectivity index (χ2n) is 5.48. The summed E-state index contributed by atoms with van der Waals surface area (Å²) in [6.45, 7) is 3.50. The maximum Gasteiger partial charge on any atom is 0.313 e. The van der Waals surface area contributed by atoms with Crippen molar-refractivity contribution in [2.24, 2.45) is 17.8 Å². The summed E-state index contributed by atoms with van der Waals surface area (Å²) < 4.78 is 15.4. The zero-order valence-electron chi connectivity index (χ0n) is 12.6. The van der Waals surface area contributed by atoms with Gasteiger partial charge in [-0.05, 0) is 6.42 Å². The molecule has 1 fully saturated rings. The van der Waals surface area contributed by atoms with Crippen molar-refractivity contribution in [2.75, 3.05) is 13.2 Å². The van der Waals surface area contributed by atoms with Crippen LogP contribution >= 0.6 is 0 Å². The third kappa shape index (κ3) is 3.30. The van der Waals surface area contributed by atoms with Gasteiger partial charge in [-0.3, -0.25) is 14.4 Å². The van der Waals surface area contributed by atoms with E-state index in [-0.39, 0.29) is 25.1 Å². The molecular formula is C15H20O7. The van der Waals surface area contributed by atoms with Crippen LogP contribution in [0.2, 0.25) is 0 Å². The maximum absolute atomic E-state index is 12.0. The molecule has 0 amide bonds. The van der Waals surface area contributed by atoms with Gasteiger partial charge in [0, 0.05) is 0 Å². The number of carbonyl (C=O) groups is 3. The molecule has 2 heterocycles. The van der Waals surface area contributed by atoms with Gasteiger partial charge in [0.05, 0.1) is 18.1 Å². The SMILES string of the molecule is CCC(C)C(=O)OCCOC(=O)C1C2C=CC(O2)C1C(=O)O. The average molecular weight is 312 g/mol. The van der Waals surface area contributed by atoms with Gasteiger partial charge in [-0.1, -0.05) is 26.0 Å². The van der Waals surface area contributed by atoms with Gasteiger partial charge in [0.2, 0.25) is 0 Å². The zero-order chi connectivity index (χ0) is 16.3. The highest BCUT2D eigenvalue weighted by atomic mass is 16.6. The molecule has 1 saturated heterocycles. The number of carboxylic acid groups (broad SMARTS) is 1. The van der Waals surface area contributed by atoms with Crippen LogP contribution in [0, 0.1) is 17.8 Å². The van der Waals surface area contributed by atoms with Crippen molar-refractivity contribution in [1.82, 2.24) is 0 Å². The predicted molar refractivity (Wildman–Crippen MR) is 73.8 cm³/mol. The second-order valence-corrected chi connectivity index (χ2v) is 5.48. The second kappa shape index (κ2) is 6.91. The molecule has 0 saturated carbocycles. The molecule has 22 heavy (non-hydrogen) atoms. The molecule has 1 N–H and O–H groups in total. The van der Waals surface area contributed by atoms with Gasteiger partial charge < -0.3 is 19.3 Å². The standard InChI is InChI=1S/C15H20O7/c1-3-8(2)14(18)20-6-7-21-15(19)12-10-5-4-9(22-10)11(12)13(16)17/h4-5,8-12H,3,6-7H2,1-2H3,(H,16,17). The average Bonchev–Trinajstić information content (AvgIpc) is 3.10. The molecule has 0 aromatic heterocycles. The number of hydrogen-bond donors (Lipinski definition) is 1. The van der Waals surface area contributed by atoms with Crippen molar-refractivity contribution >= 4 is 17.9 Å².